The van der Waals surface area contributed by atoms with Gasteiger partial charge in [-0.2, -0.15) is 0 Å². The standard InChI is InChI=1S/C31H42N2OS/c1-5-22(2)29(23(3)32-27-12-9-13-27)20-26(15-14-24-10-7-6-8-11-24)30-21-35-31(33-30)25-16-18-28(34-4)19-17-25/h16-21,24,27,32H,3,5-15H2,1-2,4H3/b26-20+,29-22+. The minimum absolute atomic E-state index is 0.585. The van der Waals surface area contributed by atoms with Crippen molar-refractivity contribution in [2.75, 3.05) is 7.11 Å². The summed E-state index contributed by atoms with van der Waals surface area (Å²) in [5.41, 5.74) is 7.36. The van der Waals surface area contributed by atoms with E-state index in [1.165, 1.54) is 74.5 Å². The molecule has 0 spiro atoms. The summed E-state index contributed by atoms with van der Waals surface area (Å²) in [5, 5.41) is 7.02. The maximum absolute atomic E-state index is 5.33. The molecular formula is C31H42N2OS. The van der Waals surface area contributed by atoms with Crippen LogP contribution >= 0.6 is 11.3 Å². The Bertz CT molecular complexity index is 1040. The molecule has 1 aromatic carbocycles. The maximum Gasteiger partial charge on any atom is 0.124 e. The van der Waals surface area contributed by atoms with E-state index in [9.17, 15) is 0 Å². The third-order valence-electron chi connectivity index (χ3n) is 7.83. The summed E-state index contributed by atoms with van der Waals surface area (Å²) < 4.78 is 5.33. The van der Waals surface area contributed by atoms with Gasteiger partial charge in [0.05, 0.1) is 12.8 Å². The van der Waals surface area contributed by atoms with Crippen molar-refractivity contribution in [3.05, 3.63) is 64.8 Å². The van der Waals surface area contributed by atoms with Gasteiger partial charge in [0, 0.05) is 22.7 Å². The van der Waals surface area contributed by atoms with Crippen molar-refractivity contribution in [1.29, 1.82) is 0 Å². The van der Waals surface area contributed by atoms with Gasteiger partial charge in [-0.3, -0.25) is 0 Å². The Labute approximate surface area is 216 Å². The Hall–Kier alpha value is -2.33. The molecule has 2 aliphatic rings. The number of thiazole rings is 1. The van der Waals surface area contributed by atoms with Gasteiger partial charge in [0.15, 0.2) is 0 Å². The third-order valence-corrected chi connectivity index (χ3v) is 8.73. The van der Waals surface area contributed by atoms with Crippen LogP contribution in [0.25, 0.3) is 16.1 Å². The Morgan fingerprint density at radius 2 is 1.86 bits per heavy atom. The predicted molar refractivity (Wildman–Crippen MR) is 151 cm³/mol. The second kappa shape index (κ2) is 12.6. The molecule has 35 heavy (non-hydrogen) atoms. The summed E-state index contributed by atoms with van der Waals surface area (Å²) >= 11 is 1.73. The number of hydrogen-bond donors (Lipinski definition) is 1. The van der Waals surface area contributed by atoms with Crippen LogP contribution in [0.5, 0.6) is 5.75 Å². The fourth-order valence-corrected chi connectivity index (χ4v) is 5.96. The van der Waals surface area contributed by atoms with Crippen LogP contribution in [-0.2, 0) is 0 Å². The molecule has 0 radical (unpaired) electrons. The summed E-state index contributed by atoms with van der Waals surface area (Å²) in [6, 6.07) is 8.81. The van der Waals surface area contributed by atoms with Crippen molar-refractivity contribution in [3.63, 3.8) is 0 Å². The average Bonchev–Trinajstić information content (AvgIpc) is 3.36. The lowest BCUT2D eigenvalue weighted by Gasteiger charge is -2.29. The molecule has 0 saturated heterocycles. The number of methoxy groups -OCH3 is 1. The zero-order chi connectivity index (χ0) is 24.6. The second-order valence-corrected chi connectivity index (χ2v) is 11.1. The molecule has 3 nitrogen and oxygen atoms in total. The quantitative estimate of drug-likeness (QED) is 0.319. The number of rotatable bonds is 11. The second-order valence-electron chi connectivity index (χ2n) is 10.3. The van der Waals surface area contributed by atoms with E-state index < -0.39 is 0 Å². The number of benzene rings is 1. The topological polar surface area (TPSA) is 34.1 Å². The Kier molecular flexibility index (Phi) is 9.25. The molecule has 0 unspecified atom stereocenters. The van der Waals surface area contributed by atoms with Gasteiger partial charge < -0.3 is 10.1 Å². The van der Waals surface area contributed by atoms with Gasteiger partial charge in [-0.05, 0) is 92.9 Å². The van der Waals surface area contributed by atoms with Crippen LogP contribution in [0, 0.1) is 5.92 Å². The van der Waals surface area contributed by atoms with Crippen molar-refractivity contribution in [2.24, 2.45) is 5.92 Å². The smallest absolute Gasteiger partial charge is 0.124 e. The molecule has 1 heterocycles. The van der Waals surface area contributed by atoms with Gasteiger partial charge in [0.2, 0.25) is 0 Å². The highest BCUT2D eigenvalue weighted by Crippen LogP contribution is 2.35. The summed E-state index contributed by atoms with van der Waals surface area (Å²) in [6.45, 7) is 8.96. The number of allylic oxidation sites excluding steroid dienone is 3. The highest BCUT2D eigenvalue weighted by Gasteiger charge is 2.20. The summed E-state index contributed by atoms with van der Waals surface area (Å²) in [4.78, 5) is 5.12. The zero-order valence-corrected chi connectivity index (χ0v) is 22.7. The molecule has 0 aliphatic heterocycles. The largest absolute Gasteiger partial charge is 0.497 e. The Morgan fingerprint density at radius 1 is 1.11 bits per heavy atom. The SMILES string of the molecule is C=C(NC1CCC1)C(/C=C(\CCC1CCCCC1)c1csc(-c2ccc(OC)cc2)n1)=C(\C)CC. The van der Waals surface area contributed by atoms with E-state index in [0.29, 0.717) is 6.04 Å². The van der Waals surface area contributed by atoms with Crippen molar-refractivity contribution < 1.29 is 4.74 Å². The molecule has 188 valence electrons. The van der Waals surface area contributed by atoms with Crippen LogP contribution in [-0.4, -0.2) is 18.1 Å². The first-order valence-corrected chi connectivity index (χ1v) is 14.4. The van der Waals surface area contributed by atoms with E-state index in [1.807, 2.05) is 12.1 Å². The fraction of sp³-hybridized carbons (Fsp3) is 0.516. The van der Waals surface area contributed by atoms with E-state index in [0.717, 1.165) is 46.5 Å². The Balaban J connectivity index is 1.62. The molecule has 4 heteroatoms. The van der Waals surface area contributed by atoms with Crippen molar-refractivity contribution >= 4 is 16.9 Å². The maximum atomic E-state index is 5.33. The van der Waals surface area contributed by atoms with Crippen LogP contribution in [0.4, 0.5) is 0 Å². The van der Waals surface area contributed by atoms with E-state index in [-0.39, 0.29) is 0 Å². The number of hydrogen-bond acceptors (Lipinski definition) is 4. The normalized spacial score (nSPS) is 18.1. The number of nitrogens with zero attached hydrogens (tertiary/aromatic N) is 1. The molecular weight excluding hydrogens is 448 g/mol. The van der Waals surface area contributed by atoms with Crippen molar-refractivity contribution in [2.45, 2.75) is 90.5 Å². The molecule has 4 rings (SSSR count). The van der Waals surface area contributed by atoms with Crippen LogP contribution in [0.15, 0.2) is 59.1 Å². The molecule has 2 aliphatic carbocycles. The van der Waals surface area contributed by atoms with E-state index in [4.69, 9.17) is 9.72 Å². The molecule has 1 N–H and O–H groups in total. The first-order chi connectivity index (χ1) is 17.1. The highest BCUT2D eigenvalue weighted by molar-refractivity contribution is 7.13. The van der Waals surface area contributed by atoms with Gasteiger partial charge >= 0.3 is 0 Å². The fourth-order valence-electron chi connectivity index (χ4n) is 5.11. The van der Waals surface area contributed by atoms with Gasteiger partial charge in [0.1, 0.15) is 10.8 Å². The molecule has 1 aromatic heterocycles. The first-order valence-electron chi connectivity index (χ1n) is 13.5. The zero-order valence-electron chi connectivity index (χ0n) is 21.9. The van der Waals surface area contributed by atoms with Crippen LogP contribution in [0.1, 0.15) is 90.2 Å². The van der Waals surface area contributed by atoms with Crippen molar-refractivity contribution in [1.82, 2.24) is 10.3 Å². The number of nitrogens with one attached hydrogen (secondary N) is 1. The number of ether oxygens (including phenoxy) is 1. The monoisotopic (exact) mass is 490 g/mol. The lowest BCUT2D eigenvalue weighted by molar-refractivity contribution is 0.342. The minimum atomic E-state index is 0.585. The van der Waals surface area contributed by atoms with E-state index in [1.54, 1.807) is 18.4 Å². The third kappa shape index (κ3) is 6.88. The van der Waals surface area contributed by atoms with Crippen LogP contribution in [0.3, 0.4) is 0 Å². The number of aromatic nitrogens is 1. The lowest BCUT2D eigenvalue weighted by Crippen LogP contribution is -2.34. The highest BCUT2D eigenvalue weighted by atomic mass is 32.1. The average molecular weight is 491 g/mol. The predicted octanol–water partition coefficient (Wildman–Crippen LogP) is 8.94. The molecule has 2 aromatic rings. The van der Waals surface area contributed by atoms with Gasteiger partial charge in [-0.25, -0.2) is 4.98 Å². The molecule has 0 bridgehead atoms. The van der Waals surface area contributed by atoms with Gasteiger partial charge in [-0.1, -0.05) is 51.2 Å². The molecule has 2 fully saturated rings. The van der Waals surface area contributed by atoms with E-state index >= 15 is 0 Å². The van der Waals surface area contributed by atoms with Gasteiger partial charge in [0.25, 0.3) is 0 Å². The lowest BCUT2D eigenvalue weighted by atomic mass is 9.84. The summed E-state index contributed by atoms with van der Waals surface area (Å²) in [6.07, 6.45) is 16.6. The summed E-state index contributed by atoms with van der Waals surface area (Å²) in [7, 11) is 1.71. The molecule has 0 amide bonds. The van der Waals surface area contributed by atoms with E-state index in [2.05, 4.69) is 49.3 Å². The first kappa shape index (κ1) is 25.8. The minimum Gasteiger partial charge on any atom is -0.497 e. The molecule has 2 saturated carbocycles. The van der Waals surface area contributed by atoms with Crippen molar-refractivity contribution in [3.8, 4) is 16.3 Å². The Morgan fingerprint density at radius 3 is 2.49 bits per heavy atom. The van der Waals surface area contributed by atoms with Crippen LogP contribution in [0.2, 0.25) is 0 Å². The van der Waals surface area contributed by atoms with Crippen LogP contribution < -0.4 is 10.1 Å². The molecule has 0 atom stereocenters. The summed E-state index contributed by atoms with van der Waals surface area (Å²) in [5.74, 6) is 1.73. The van der Waals surface area contributed by atoms with Gasteiger partial charge in [-0.15, -0.1) is 11.3 Å².